The molecule has 0 amide bonds. The molecule has 2 saturated heterocycles. The van der Waals surface area contributed by atoms with Crippen molar-refractivity contribution in [3.05, 3.63) is 0 Å². The van der Waals surface area contributed by atoms with Crippen LogP contribution in [0.15, 0.2) is 0 Å². The van der Waals surface area contributed by atoms with Gasteiger partial charge in [0.25, 0.3) is 0 Å². The van der Waals surface area contributed by atoms with Gasteiger partial charge in [-0.1, -0.05) is 0 Å². The Balaban J connectivity index is 1.83. The van der Waals surface area contributed by atoms with Gasteiger partial charge in [0, 0.05) is 13.2 Å². The average molecular weight is 215 g/mol. The molecule has 0 saturated carbocycles. The zero-order valence-electron chi connectivity index (χ0n) is 9.43. The van der Waals surface area contributed by atoms with Gasteiger partial charge < -0.3 is 10.1 Å². The van der Waals surface area contributed by atoms with Crippen molar-refractivity contribution in [3.63, 3.8) is 0 Å². The topological polar surface area (TPSA) is 21.3 Å². The largest absolute Gasteiger partial charge is 0.381 e. The molecule has 0 aromatic heterocycles. The Morgan fingerprint density at radius 2 is 2.00 bits per heavy atom. The number of halogens is 1. The highest BCUT2D eigenvalue weighted by Gasteiger charge is 2.33. The minimum atomic E-state index is -0.897. The first-order chi connectivity index (χ1) is 7.29. The molecule has 2 nitrogen and oxygen atoms in total. The fourth-order valence-corrected chi connectivity index (χ4v) is 2.76. The van der Waals surface area contributed by atoms with Crippen molar-refractivity contribution in [2.75, 3.05) is 26.3 Å². The molecule has 0 radical (unpaired) electrons. The van der Waals surface area contributed by atoms with Crippen LogP contribution in [0.25, 0.3) is 0 Å². The molecule has 2 aliphatic rings. The zero-order chi connectivity index (χ0) is 10.6. The second kappa shape index (κ2) is 5.26. The number of nitrogens with one attached hydrogen (secondary N) is 1. The van der Waals surface area contributed by atoms with Gasteiger partial charge in [0.05, 0.1) is 0 Å². The molecule has 0 aliphatic carbocycles. The number of hydrogen-bond acceptors (Lipinski definition) is 2. The highest BCUT2D eigenvalue weighted by Crippen LogP contribution is 2.34. The van der Waals surface area contributed by atoms with E-state index < -0.39 is 5.67 Å². The van der Waals surface area contributed by atoms with Crippen molar-refractivity contribution in [2.24, 2.45) is 5.92 Å². The summed E-state index contributed by atoms with van der Waals surface area (Å²) in [6.45, 7) is 3.50. The summed E-state index contributed by atoms with van der Waals surface area (Å²) in [6, 6.07) is 0. The molecule has 88 valence electrons. The van der Waals surface area contributed by atoms with Gasteiger partial charge >= 0.3 is 0 Å². The summed E-state index contributed by atoms with van der Waals surface area (Å²) in [4.78, 5) is 0. The van der Waals surface area contributed by atoms with Crippen molar-refractivity contribution in [1.29, 1.82) is 0 Å². The molecular weight excluding hydrogens is 193 g/mol. The van der Waals surface area contributed by atoms with Gasteiger partial charge in [0.1, 0.15) is 5.67 Å². The van der Waals surface area contributed by atoms with E-state index in [9.17, 15) is 4.39 Å². The fraction of sp³-hybridized carbons (Fsp3) is 1.00. The molecule has 1 N–H and O–H groups in total. The van der Waals surface area contributed by atoms with Gasteiger partial charge in [-0.25, -0.2) is 4.39 Å². The van der Waals surface area contributed by atoms with Crippen LogP contribution in [0.2, 0.25) is 0 Å². The third-order valence-electron chi connectivity index (χ3n) is 3.72. The van der Waals surface area contributed by atoms with Crippen molar-refractivity contribution in [3.8, 4) is 0 Å². The second-order valence-electron chi connectivity index (χ2n) is 5.01. The predicted octanol–water partition coefficient (Wildman–Crippen LogP) is 2.28. The Bertz CT molecular complexity index is 184. The number of hydrogen-bond donors (Lipinski definition) is 1. The SMILES string of the molecule is FC1(CC2CCOCC2)CCCNCC1. The lowest BCUT2D eigenvalue weighted by atomic mass is 9.83. The highest BCUT2D eigenvalue weighted by atomic mass is 19.1. The van der Waals surface area contributed by atoms with E-state index in [4.69, 9.17) is 4.74 Å². The normalized spacial score (nSPS) is 35.0. The van der Waals surface area contributed by atoms with E-state index in [1.54, 1.807) is 0 Å². The monoisotopic (exact) mass is 215 g/mol. The summed E-state index contributed by atoms with van der Waals surface area (Å²) in [5, 5.41) is 3.27. The quantitative estimate of drug-likeness (QED) is 0.763. The second-order valence-corrected chi connectivity index (χ2v) is 5.01. The summed E-state index contributed by atoms with van der Waals surface area (Å²) in [5.74, 6) is 0.557. The summed E-state index contributed by atoms with van der Waals surface area (Å²) in [6.07, 6.45) is 5.30. The van der Waals surface area contributed by atoms with Crippen LogP contribution in [-0.2, 0) is 4.74 Å². The molecule has 2 rings (SSSR count). The molecule has 3 heteroatoms. The van der Waals surface area contributed by atoms with E-state index in [0.29, 0.717) is 12.3 Å². The van der Waals surface area contributed by atoms with E-state index in [1.807, 2.05) is 0 Å². The van der Waals surface area contributed by atoms with Crippen LogP contribution in [0.4, 0.5) is 4.39 Å². The summed E-state index contributed by atoms with van der Waals surface area (Å²) < 4.78 is 19.8. The van der Waals surface area contributed by atoms with Crippen LogP contribution in [0, 0.1) is 5.92 Å². The first-order valence-electron chi connectivity index (χ1n) is 6.26. The Morgan fingerprint density at radius 1 is 1.20 bits per heavy atom. The lowest BCUT2D eigenvalue weighted by Gasteiger charge is -2.30. The molecular formula is C12H22FNO. The summed E-state index contributed by atoms with van der Waals surface area (Å²) >= 11 is 0. The third kappa shape index (κ3) is 3.42. The Kier molecular flexibility index (Phi) is 3.98. The first kappa shape index (κ1) is 11.3. The minimum Gasteiger partial charge on any atom is -0.381 e. The maximum Gasteiger partial charge on any atom is 0.112 e. The molecule has 0 aromatic rings. The minimum absolute atomic E-state index is 0.557. The van der Waals surface area contributed by atoms with Gasteiger partial charge in [0.15, 0.2) is 0 Å². The van der Waals surface area contributed by atoms with E-state index in [1.165, 1.54) is 0 Å². The summed E-state index contributed by atoms with van der Waals surface area (Å²) in [7, 11) is 0. The van der Waals surface area contributed by atoms with Crippen molar-refractivity contribution >= 4 is 0 Å². The smallest absolute Gasteiger partial charge is 0.112 e. The van der Waals surface area contributed by atoms with Gasteiger partial charge in [-0.2, -0.15) is 0 Å². The molecule has 1 atom stereocenters. The Hall–Kier alpha value is -0.150. The van der Waals surface area contributed by atoms with Crippen LogP contribution in [-0.4, -0.2) is 32.0 Å². The van der Waals surface area contributed by atoms with E-state index in [0.717, 1.165) is 58.4 Å². The molecule has 0 aromatic carbocycles. The Labute approximate surface area is 91.6 Å². The first-order valence-corrected chi connectivity index (χ1v) is 6.26. The van der Waals surface area contributed by atoms with E-state index in [2.05, 4.69) is 5.32 Å². The predicted molar refractivity (Wildman–Crippen MR) is 58.7 cm³/mol. The van der Waals surface area contributed by atoms with Crippen LogP contribution in [0.5, 0.6) is 0 Å². The van der Waals surface area contributed by atoms with Crippen LogP contribution >= 0.6 is 0 Å². The molecule has 2 aliphatic heterocycles. The lowest BCUT2D eigenvalue weighted by Crippen LogP contribution is -2.30. The maximum atomic E-state index is 14.5. The van der Waals surface area contributed by atoms with Gasteiger partial charge in [-0.3, -0.25) is 0 Å². The van der Waals surface area contributed by atoms with Gasteiger partial charge in [-0.05, 0) is 57.5 Å². The molecule has 0 bridgehead atoms. The van der Waals surface area contributed by atoms with E-state index >= 15 is 0 Å². The molecule has 2 fully saturated rings. The summed E-state index contributed by atoms with van der Waals surface area (Å²) in [5.41, 5.74) is -0.897. The van der Waals surface area contributed by atoms with Crippen LogP contribution < -0.4 is 5.32 Å². The van der Waals surface area contributed by atoms with Gasteiger partial charge in [-0.15, -0.1) is 0 Å². The van der Waals surface area contributed by atoms with Crippen molar-refractivity contribution in [2.45, 2.75) is 44.2 Å². The standard InChI is InChI=1S/C12H22FNO/c13-12(4-1-6-14-7-5-12)10-11-2-8-15-9-3-11/h11,14H,1-10H2. The lowest BCUT2D eigenvalue weighted by molar-refractivity contribution is 0.0308. The van der Waals surface area contributed by atoms with Crippen molar-refractivity contribution < 1.29 is 9.13 Å². The van der Waals surface area contributed by atoms with Crippen LogP contribution in [0.1, 0.15) is 38.5 Å². The average Bonchev–Trinajstić information content (AvgIpc) is 2.45. The van der Waals surface area contributed by atoms with Crippen LogP contribution in [0.3, 0.4) is 0 Å². The third-order valence-corrected chi connectivity index (χ3v) is 3.72. The zero-order valence-corrected chi connectivity index (χ0v) is 9.43. The molecule has 0 spiro atoms. The fourth-order valence-electron chi connectivity index (χ4n) is 2.76. The molecule has 1 unspecified atom stereocenters. The number of rotatable bonds is 2. The number of ether oxygens (including phenoxy) is 1. The van der Waals surface area contributed by atoms with E-state index in [-0.39, 0.29) is 0 Å². The number of alkyl halides is 1. The van der Waals surface area contributed by atoms with Crippen molar-refractivity contribution in [1.82, 2.24) is 5.32 Å². The molecule has 2 heterocycles. The molecule has 15 heavy (non-hydrogen) atoms. The highest BCUT2D eigenvalue weighted by molar-refractivity contribution is 4.86. The Morgan fingerprint density at radius 3 is 2.80 bits per heavy atom. The van der Waals surface area contributed by atoms with Gasteiger partial charge in [0.2, 0.25) is 0 Å². The maximum absolute atomic E-state index is 14.5.